The Labute approximate surface area is 99.0 Å². The Hall–Kier alpha value is 0.700. The SMILES string of the molecule is CCC(SCCCC(C)C)SC(C)C. The summed E-state index contributed by atoms with van der Waals surface area (Å²) in [6, 6.07) is 0. The van der Waals surface area contributed by atoms with Crippen LogP contribution < -0.4 is 0 Å². The topological polar surface area (TPSA) is 0 Å². The first-order valence-electron chi connectivity index (χ1n) is 5.83. The highest BCUT2D eigenvalue weighted by molar-refractivity contribution is 8.17. The van der Waals surface area contributed by atoms with Gasteiger partial charge < -0.3 is 0 Å². The van der Waals surface area contributed by atoms with Crippen molar-refractivity contribution in [1.29, 1.82) is 0 Å². The standard InChI is InChI=1S/C12H26S2/c1-6-12(14-11(4)5)13-9-7-8-10(2)3/h10-12H,6-9H2,1-5H3. The van der Waals surface area contributed by atoms with Crippen LogP contribution in [0.5, 0.6) is 0 Å². The molecule has 0 aromatic carbocycles. The van der Waals surface area contributed by atoms with Gasteiger partial charge in [-0.3, -0.25) is 0 Å². The maximum absolute atomic E-state index is 2.31. The van der Waals surface area contributed by atoms with Crippen molar-refractivity contribution in [1.82, 2.24) is 0 Å². The first kappa shape index (κ1) is 14.7. The Bertz CT molecular complexity index is 121. The average molecular weight is 234 g/mol. The summed E-state index contributed by atoms with van der Waals surface area (Å²) in [4.78, 5) is 0. The van der Waals surface area contributed by atoms with Crippen LogP contribution in [0.3, 0.4) is 0 Å². The Kier molecular flexibility index (Phi) is 9.41. The lowest BCUT2D eigenvalue weighted by Gasteiger charge is -2.16. The van der Waals surface area contributed by atoms with Gasteiger partial charge in [-0.2, -0.15) is 0 Å². The third kappa shape index (κ3) is 9.26. The van der Waals surface area contributed by atoms with Gasteiger partial charge in [0.25, 0.3) is 0 Å². The van der Waals surface area contributed by atoms with E-state index < -0.39 is 0 Å². The second-order valence-electron chi connectivity index (χ2n) is 4.43. The number of thioether (sulfide) groups is 2. The van der Waals surface area contributed by atoms with Gasteiger partial charge >= 0.3 is 0 Å². The summed E-state index contributed by atoms with van der Waals surface area (Å²) in [5, 5.41) is 0.776. The molecule has 14 heavy (non-hydrogen) atoms. The van der Waals surface area contributed by atoms with Crippen molar-refractivity contribution in [2.24, 2.45) is 5.92 Å². The van der Waals surface area contributed by atoms with Crippen LogP contribution in [-0.4, -0.2) is 15.6 Å². The maximum atomic E-state index is 2.31. The lowest BCUT2D eigenvalue weighted by atomic mass is 10.1. The third-order valence-electron chi connectivity index (χ3n) is 1.99. The Morgan fingerprint density at radius 2 is 1.71 bits per heavy atom. The zero-order valence-electron chi connectivity index (χ0n) is 10.4. The summed E-state index contributed by atoms with van der Waals surface area (Å²) >= 11 is 4.28. The van der Waals surface area contributed by atoms with Crippen LogP contribution in [0.15, 0.2) is 0 Å². The second-order valence-corrected chi connectivity index (χ2v) is 7.82. The van der Waals surface area contributed by atoms with Crippen molar-refractivity contribution in [3.05, 3.63) is 0 Å². The lowest BCUT2D eigenvalue weighted by Crippen LogP contribution is -2.02. The van der Waals surface area contributed by atoms with Gasteiger partial charge in [-0.1, -0.05) is 41.0 Å². The molecule has 0 bridgehead atoms. The normalized spacial score (nSPS) is 13.9. The molecule has 0 radical (unpaired) electrons. The number of rotatable bonds is 8. The minimum absolute atomic E-state index is 0.776. The largest absolute Gasteiger partial charge is 0.148 e. The average Bonchev–Trinajstić information content (AvgIpc) is 2.09. The summed E-state index contributed by atoms with van der Waals surface area (Å²) in [6.45, 7) is 11.5. The van der Waals surface area contributed by atoms with Gasteiger partial charge in [-0.05, 0) is 24.5 Å². The molecule has 1 atom stereocenters. The molecule has 0 N–H and O–H groups in total. The van der Waals surface area contributed by atoms with Crippen LogP contribution in [0.4, 0.5) is 0 Å². The van der Waals surface area contributed by atoms with E-state index in [0.717, 1.165) is 15.7 Å². The molecule has 0 saturated carbocycles. The Morgan fingerprint density at radius 3 is 2.14 bits per heavy atom. The highest BCUT2D eigenvalue weighted by atomic mass is 32.2. The van der Waals surface area contributed by atoms with Crippen molar-refractivity contribution in [2.45, 2.75) is 63.7 Å². The van der Waals surface area contributed by atoms with Crippen LogP contribution in [-0.2, 0) is 0 Å². The predicted octanol–water partition coefficient (Wildman–Crippen LogP) is 5.03. The molecule has 0 rings (SSSR count). The Morgan fingerprint density at radius 1 is 1.07 bits per heavy atom. The second kappa shape index (κ2) is 8.96. The van der Waals surface area contributed by atoms with E-state index in [2.05, 4.69) is 58.1 Å². The summed E-state index contributed by atoms with van der Waals surface area (Å²) in [5.41, 5.74) is 0. The molecule has 0 fully saturated rings. The van der Waals surface area contributed by atoms with Crippen molar-refractivity contribution in [3.8, 4) is 0 Å². The summed E-state index contributed by atoms with van der Waals surface area (Å²) in [6.07, 6.45) is 4.07. The van der Waals surface area contributed by atoms with Crippen LogP contribution in [0.25, 0.3) is 0 Å². The van der Waals surface area contributed by atoms with E-state index in [-0.39, 0.29) is 0 Å². The molecule has 0 aliphatic heterocycles. The molecule has 0 amide bonds. The smallest absolute Gasteiger partial charge is 0.0502 e. The molecular formula is C12H26S2. The minimum Gasteiger partial charge on any atom is -0.148 e. The minimum atomic E-state index is 0.776. The van der Waals surface area contributed by atoms with Gasteiger partial charge in [0, 0.05) is 5.25 Å². The molecule has 86 valence electrons. The van der Waals surface area contributed by atoms with E-state index in [1.54, 1.807) is 0 Å². The summed E-state index contributed by atoms with van der Waals surface area (Å²) < 4.78 is 0.821. The van der Waals surface area contributed by atoms with E-state index in [9.17, 15) is 0 Å². The van der Waals surface area contributed by atoms with Crippen LogP contribution in [0.2, 0.25) is 0 Å². The molecule has 0 aromatic rings. The zero-order chi connectivity index (χ0) is 11.0. The fourth-order valence-electron chi connectivity index (χ4n) is 1.26. The summed E-state index contributed by atoms with van der Waals surface area (Å²) in [7, 11) is 0. The van der Waals surface area contributed by atoms with Gasteiger partial charge in [0.15, 0.2) is 0 Å². The monoisotopic (exact) mass is 234 g/mol. The van der Waals surface area contributed by atoms with Crippen LogP contribution >= 0.6 is 23.5 Å². The molecule has 0 aliphatic rings. The predicted molar refractivity (Wildman–Crippen MR) is 73.3 cm³/mol. The first-order chi connectivity index (χ1) is 6.56. The van der Waals surface area contributed by atoms with Crippen molar-refractivity contribution < 1.29 is 0 Å². The van der Waals surface area contributed by atoms with E-state index in [4.69, 9.17) is 0 Å². The molecule has 0 aliphatic carbocycles. The van der Waals surface area contributed by atoms with E-state index in [1.807, 2.05) is 0 Å². The quantitative estimate of drug-likeness (QED) is 0.426. The third-order valence-corrected chi connectivity index (χ3v) is 5.14. The molecule has 0 spiro atoms. The summed E-state index contributed by atoms with van der Waals surface area (Å²) in [5.74, 6) is 2.21. The molecule has 0 saturated heterocycles. The molecule has 0 nitrogen and oxygen atoms in total. The fraction of sp³-hybridized carbons (Fsp3) is 1.00. The van der Waals surface area contributed by atoms with E-state index in [1.165, 1.54) is 25.0 Å². The highest BCUT2D eigenvalue weighted by Gasteiger charge is 2.09. The molecule has 2 heteroatoms. The highest BCUT2D eigenvalue weighted by Crippen LogP contribution is 2.30. The van der Waals surface area contributed by atoms with E-state index in [0.29, 0.717) is 0 Å². The van der Waals surface area contributed by atoms with Crippen molar-refractivity contribution >= 4 is 23.5 Å². The lowest BCUT2D eigenvalue weighted by molar-refractivity contribution is 0.579. The molecule has 0 aromatic heterocycles. The van der Waals surface area contributed by atoms with Crippen LogP contribution in [0, 0.1) is 5.92 Å². The van der Waals surface area contributed by atoms with Gasteiger partial charge in [-0.15, -0.1) is 23.5 Å². The zero-order valence-corrected chi connectivity index (χ0v) is 12.0. The van der Waals surface area contributed by atoms with Crippen LogP contribution in [0.1, 0.15) is 53.9 Å². The van der Waals surface area contributed by atoms with Crippen molar-refractivity contribution in [2.75, 3.05) is 5.75 Å². The molecule has 1 unspecified atom stereocenters. The van der Waals surface area contributed by atoms with Gasteiger partial charge in [0.1, 0.15) is 0 Å². The van der Waals surface area contributed by atoms with Gasteiger partial charge in [0.05, 0.1) is 4.58 Å². The van der Waals surface area contributed by atoms with Gasteiger partial charge in [-0.25, -0.2) is 0 Å². The van der Waals surface area contributed by atoms with Gasteiger partial charge in [0.2, 0.25) is 0 Å². The molecule has 0 heterocycles. The Balaban J connectivity index is 3.43. The molecular weight excluding hydrogens is 208 g/mol. The number of hydrogen-bond acceptors (Lipinski definition) is 2. The fourth-order valence-corrected chi connectivity index (χ4v) is 4.16. The van der Waals surface area contributed by atoms with Crippen molar-refractivity contribution in [3.63, 3.8) is 0 Å². The van der Waals surface area contributed by atoms with E-state index >= 15 is 0 Å². The first-order valence-corrected chi connectivity index (χ1v) is 7.82. The number of hydrogen-bond donors (Lipinski definition) is 0. The maximum Gasteiger partial charge on any atom is 0.0502 e.